The SMILES string of the molecule is CC(=O)CC1CCCCCN1S(=O)(=O)Cc1ccccc1. The van der Waals surface area contributed by atoms with E-state index in [2.05, 4.69) is 0 Å². The summed E-state index contributed by atoms with van der Waals surface area (Å²) < 4.78 is 27.0. The molecule has 1 unspecified atom stereocenters. The summed E-state index contributed by atoms with van der Waals surface area (Å²) in [5, 5.41) is 0. The molecule has 1 atom stereocenters. The van der Waals surface area contributed by atoms with Crippen molar-refractivity contribution in [2.24, 2.45) is 0 Å². The molecule has 0 radical (unpaired) electrons. The van der Waals surface area contributed by atoms with Gasteiger partial charge in [-0.3, -0.25) is 4.79 Å². The highest BCUT2D eigenvalue weighted by atomic mass is 32.2. The van der Waals surface area contributed by atoms with E-state index in [1.54, 1.807) is 4.31 Å². The summed E-state index contributed by atoms with van der Waals surface area (Å²) in [5.74, 6) is 0.0733. The molecule has 1 heterocycles. The van der Waals surface area contributed by atoms with Crippen molar-refractivity contribution in [3.63, 3.8) is 0 Å². The van der Waals surface area contributed by atoms with Gasteiger partial charge in [-0.2, -0.15) is 4.31 Å². The monoisotopic (exact) mass is 309 g/mol. The van der Waals surface area contributed by atoms with Gasteiger partial charge < -0.3 is 0 Å². The fourth-order valence-electron chi connectivity index (χ4n) is 2.92. The number of hydrogen-bond donors (Lipinski definition) is 0. The first-order valence-corrected chi connectivity index (χ1v) is 9.13. The average molecular weight is 309 g/mol. The van der Waals surface area contributed by atoms with E-state index in [-0.39, 0.29) is 17.6 Å². The van der Waals surface area contributed by atoms with Crippen molar-refractivity contribution < 1.29 is 13.2 Å². The fourth-order valence-corrected chi connectivity index (χ4v) is 4.74. The van der Waals surface area contributed by atoms with E-state index in [4.69, 9.17) is 0 Å². The Balaban J connectivity index is 2.19. The number of ketones is 1. The zero-order valence-electron chi connectivity index (χ0n) is 12.5. The zero-order chi connectivity index (χ0) is 15.3. The first-order chi connectivity index (χ1) is 9.99. The molecule has 0 aromatic heterocycles. The van der Waals surface area contributed by atoms with Crippen LogP contribution in [0.25, 0.3) is 0 Å². The van der Waals surface area contributed by atoms with E-state index in [1.807, 2.05) is 30.3 Å². The van der Waals surface area contributed by atoms with Crippen molar-refractivity contribution in [1.29, 1.82) is 0 Å². The van der Waals surface area contributed by atoms with Gasteiger partial charge in [0.1, 0.15) is 5.78 Å². The summed E-state index contributed by atoms with van der Waals surface area (Å²) in [6.45, 7) is 2.07. The number of benzene rings is 1. The summed E-state index contributed by atoms with van der Waals surface area (Å²) in [7, 11) is -3.37. The Labute approximate surface area is 127 Å². The van der Waals surface area contributed by atoms with Crippen LogP contribution in [0.4, 0.5) is 0 Å². The molecule has 116 valence electrons. The molecule has 0 spiro atoms. The Bertz CT molecular complexity index is 568. The molecule has 21 heavy (non-hydrogen) atoms. The zero-order valence-corrected chi connectivity index (χ0v) is 13.3. The van der Waals surface area contributed by atoms with Crippen LogP contribution >= 0.6 is 0 Å². The Morgan fingerprint density at radius 1 is 1.19 bits per heavy atom. The largest absolute Gasteiger partial charge is 0.300 e. The van der Waals surface area contributed by atoms with E-state index >= 15 is 0 Å². The number of carbonyl (C=O) groups excluding carboxylic acids is 1. The van der Waals surface area contributed by atoms with Crippen molar-refractivity contribution in [2.75, 3.05) is 6.54 Å². The van der Waals surface area contributed by atoms with Gasteiger partial charge in [0, 0.05) is 19.0 Å². The molecule has 5 heteroatoms. The number of hydrogen-bond acceptors (Lipinski definition) is 3. The highest BCUT2D eigenvalue weighted by Crippen LogP contribution is 2.24. The highest BCUT2D eigenvalue weighted by Gasteiger charge is 2.31. The van der Waals surface area contributed by atoms with Gasteiger partial charge in [-0.05, 0) is 25.3 Å². The predicted molar refractivity (Wildman–Crippen MR) is 83.3 cm³/mol. The molecule has 1 fully saturated rings. The third kappa shape index (κ3) is 4.64. The van der Waals surface area contributed by atoms with Gasteiger partial charge in [-0.25, -0.2) is 8.42 Å². The molecule has 1 aliphatic heterocycles. The quantitative estimate of drug-likeness (QED) is 0.840. The Hall–Kier alpha value is -1.20. The lowest BCUT2D eigenvalue weighted by atomic mass is 10.1. The van der Waals surface area contributed by atoms with E-state index in [0.717, 1.165) is 31.2 Å². The van der Waals surface area contributed by atoms with Crippen molar-refractivity contribution in [3.05, 3.63) is 35.9 Å². The van der Waals surface area contributed by atoms with Gasteiger partial charge in [0.25, 0.3) is 0 Å². The lowest BCUT2D eigenvalue weighted by Crippen LogP contribution is -2.41. The Morgan fingerprint density at radius 3 is 2.57 bits per heavy atom. The molecule has 0 aliphatic carbocycles. The lowest BCUT2D eigenvalue weighted by Gasteiger charge is -2.28. The second-order valence-electron chi connectivity index (χ2n) is 5.76. The fraction of sp³-hybridized carbons (Fsp3) is 0.562. The first kappa shape index (κ1) is 16.2. The lowest BCUT2D eigenvalue weighted by molar-refractivity contribution is -0.117. The maximum absolute atomic E-state index is 12.7. The van der Waals surface area contributed by atoms with Crippen LogP contribution in [0.1, 0.15) is 44.6 Å². The van der Waals surface area contributed by atoms with Crippen LogP contribution in [0.15, 0.2) is 30.3 Å². The topological polar surface area (TPSA) is 54.5 Å². The minimum Gasteiger partial charge on any atom is -0.300 e. The number of carbonyl (C=O) groups is 1. The van der Waals surface area contributed by atoms with Crippen LogP contribution in [-0.2, 0) is 20.6 Å². The van der Waals surface area contributed by atoms with Crippen LogP contribution in [0.3, 0.4) is 0 Å². The van der Waals surface area contributed by atoms with E-state index in [9.17, 15) is 13.2 Å². The number of rotatable bonds is 5. The summed E-state index contributed by atoms with van der Waals surface area (Å²) in [6, 6.07) is 9.06. The maximum Gasteiger partial charge on any atom is 0.218 e. The molecule has 0 saturated carbocycles. The van der Waals surface area contributed by atoms with Gasteiger partial charge in [-0.1, -0.05) is 43.2 Å². The van der Waals surface area contributed by atoms with Crippen LogP contribution in [0.5, 0.6) is 0 Å². The first-order valence-electron chi connectivity index (χ1n) is 7.52. The predicted octanol–water partition coefficient (Wildman–Crippen LogP) is 2.74. The number of Topliss-reactive ketones (excluding diaryl/α,β-unsaturated/α-hetero) is 1. The van der Waals surface area contributed by atoms with Crippen molar-refractivity contribution in [2.45, 2.75) is 50.8 Å². The maximum atomic E-state index is 12.7. The van der Waals surface area contributed by atoms with Gasteiger partial charge >= 0.3 is 0 Å². The van der Waals surface area contributed by atoms with Gasteiger partial charge in [0.15, 0.2) is 0 Å². The van der Waals surface area contributed by atoms with Crippen molar-refractivity contribution in [1.82, 2.24) is 4.31 Å². The molecule has 2 rings (SSSR count). The normalized spacial score (nSPS) is 20.9. The smallest absolute Gasteiger partial charge is 0.218 e. The van der Waals surface area contributed by atoms with Gasteiger partial charge in [0.2, 0.25) is 10.0 Å². The number of nitrogens with zero attached hydrogens (tertiary/aromatic N) is 1. The van der Waals surface area contributed by atoms with Crippen LogP contribution in [-0.4, -0.2) is 31.1 Å². The average Bonchev–Trinajstić information content (AvgIpc) is 2.64. The second kappa shape index (κ2) is 7.18. The molecule has 4 nitrogen and oxygen atoms in total. The Morgan fingerprint density at radius 2 is 1.90 bits per heavy atom. The van der Waals surface area contributed by atoms with E-state index in [0.29, 0.717) is 13.0 Å². The molecular weight excluding hydrogens is 286 g/mol. The molecule has 0 N–H and O–H groups in total. The summed E-state index contributed by atoms with van der Waals surface area (Å²) in [6.07, 6.45) is 4.02. The standard InChI is InChI=1S/C16H23NO3S/c1-14(18)12-16-10-6-3-7-11-17(16)21(19,20)13-15-8-4-2-5-9-15/h2,4-5,8-9,16H,3,6-7,10-13H2,1H3. The van der Waals surface area contributed by atoms with Gasteiger partial charge in [0.05, 0.1) is 5.75 Å². The second-order valence-corrected chi connectivity index (χ2v) is 7.68. The molecule has 1 aromatic carbocycles. The summed E-state index contributed by atoms with van der Waals surface area (Å²) in [5.41, 5.74) is 0.795. The molecular formula is C16H23NO3S. The third-order valence-electron chi connectivity index (χ3n) is 3.90. The van der Waals surface area contributed by atoms with Crippen LogP contribution in [0, 0.1) is 0 Å². The van der Waals surface area contributed by atoms with Crippen LogP contribution < -0.4 is 0 Å². The van der Waals surface area contributed by atoms with Gasteiger partial charge in [-0.15, -0.1) is 0 Å². The molecule has 1 aromatic rings. The Kier molecular flexibility index (Phi) is 5.53. The molecule has 1 saturated heterocycles. The molecule has 0 bridgehead atoms. The molecule has 1 aliphatic rings. The van der Waals surface area contributed by atoms with Crippen molar-refractivity contribution in [3.8, 4) is 0 Å². The van der Waals surface area contributed by atoms with Crippen molar-refractivity contribution >= 4 is 15.8 Å². The third-order valence-corrected chi connectivity index (χ3v) is 5.79. The minimum atomic E-state index is -3.37. The van der Waals surface area contributed by atoms with E-state index in [1.165, 1.54) is 6.92 Å². The van der Waals surface area contributed by atoms with Crippen LogP contribution in [0.2, 0.25) is 0 Å². The summed E-state index contributed by atoms with van der Waals surface area (Å²) in [4.78, 5) is 11.4. The summed E-state index contributed by atoms with van der Waals surface area (Å²) >= 11 is 0. The van der Waals surface area contributed by atoms with E-state index < -0.39 is 10.0 Å². The minimum absolute atomic E-state index is 0.0161. The molecule has 0 amide bonds. The highest BCUT2D eigenvalue weighted by molar-refractivity contribution is 7.88. The number of sulfonamides is 1.